The average molecular weight is 512 g/mol. The zero-order chi connectivity index (χ0) is 13.0. The molecule has 0 saturated carbocycles. The van der Waals surface area contributed by atoms with Gasteiger partial charge < -0.3 is 0 Å². The van der Waals surface area contributed by atoms with Crippen LogP contribution in [0, 0.1) is 0 Å². The summed E-state index contributed by atoms with van der Waals surface area (Å²) in [7, 11) is 29.2. The lowest BCUT2D eigenvalue weighted by Crippen LogP contribution is -1.51. The first-order chi connectivity index (χ1) is 7.20. The summed E-state index contributed by atoms with van der Waals surface area (Å²) in [4.78, 5) is 0. The third kappa shape index (κ3) is 8.65. The predicted octanol–water partition coefficient (Wildman–Crippen LogP) is 9.50. The largest absolute Gasteiger partial charge is 0.102 e. The summed E-state index contributed by atoms with van der Waals surface area (Å²) in [6, 6.07) is 0. The monoisotopic (exact) mass is 512 g/mol. The Morgan fingerprint density at radius 1 is 0.562 bits per heavy atom. The van der Waals surface area contributed by atoms with Crippen molar-refractivity contribution in [1.29, 1.82) is 0 Å². The first-order valence-electron chi connectivity index (χ1n) is 3.45. The quantitative estimate of drug-likeness (QED) is 0.312. The van der Waals surface area contributed by atoms with Crippen LogP contribution in [0.4, 0.5) is 0 Å². The minimum Gasteiger partial charge on any atom is -0.102 e. The van der Waals surface area contributed by atoms with E-state index in [-0.39, 0.29) is 48.9 Å². The molecular formula is H16P16. The van der Waals surface area contributed by atoms with Crippen LogP contribution >= 0.6 is 129 Å². The summed E-state index contributed by atoms with van der Waals surface area (Å²) in [6.45, 7) is 0.242. The summed E-state index contributed by atoms with van der Waals surface area (Å²) >= 11 is 0. The predicted molar refractivity (Wildman–Crippen MR) is 133 cm³/mol. The molecule has 16 heavy (non-hydrogen) atoms. The van der Waals surface area contributed by atoms with Gasteiger partial charge in [0.05, 0.1) is 0 Å². The Labute approximate surface area is 128 Å². The Kier molecular flexibility index (Phi) is 17.5. The molecule has 0 aromatic rings. The van der Waals surface area contributed by atoms with Crippen LogP contribution in [0.1, 0.15) is 0 Å². The van der Waals surface area contributed by atoms with Crippen molar-refractivity contribution in [2.45, 2.75) is 0 Å². The van der Waals surface area contributed by atoms with Gasteiger partial charge in [0.2, 0.25) is 0 Å². The van der Waals surface area contributed by atoms with Crippen LogP contribution < -0.4 is 0 Å². The van der Waals surface area contributed by atoms with Crippen molar-refractivity contribution in [1.82, 2.24) is 0 Å². The van der Waals surface area contributed by atoms with Crippen LogP contribution in [-0.4, -0.2) is 0 Å². The Bertz CT molecular complexity index is 168. The van der Waals surface area contributed by atoms with Gasteiger partial charge in [0.1, 0.15) is 0 Å². The molecule has 0 fully saturated rings. The summed E-state index contributed by atoms with van der Waals surface area (Å²) in [6.07, 6.45) is 0. The van der Waals surface area contributed by atoms with E-state index >= 15 is 0 Å². The van der Waals surface area contributed by atoms with Crippen LogP contribution in [0.5, 0.6) is 0 Å². The minimum atomic E-state index is -0.158. The fourth-order valence-corrected chi connectivity index (χ4v) is 161. The third-order valence-electron chi connectivity index (χ3n) is 1.17. The van der Waals surface area contributed by atoms with Crippen molar-refractivity contribution < 1.29 is 0 Å². The highest BCUT2D eigenvalue weighted by molar-refractivity contribution is 9.30. The maximum Gasteiger partial charge on any atom is -0.00395 e. The maximum absolute atomic E-state index is 3.82. The standard InChI is InChI=1S/H16P16/c1-10(2)14(9)16(13(7)8)15(11(3)4)12(5)6/h1-2H,3-9H2. The normalized spacial score (nSPS) is 16.9. The average Bonchev–Trinajstić information content (AvgIpc) is 2.10. The van der Waals surface area contributed by atoms with Crippen LogP contribution in [0.3, 0.4) is 0 Å². The van der Waals surface area contributed by atoms with Gasteiger partial charge in [-0.25, -0.2) is 0 Å². The summed E-state index contributed by atoms with van der Waals surface area (Å²) in [5.74, 6) is 0. The summed E-state index contributed by atoms with van der Waals surface area (Å²) in [5, 5.41) is 0. The van der Waals surface area contributed by atoms with E-state index in [1.807, 2.05) is 0 Å². The molecule has 0 bridgehead atoms. The molecule has 0 N–H and O–H groups in total. The van der Waals surface area contributed by atoms with E-state index < -0.39 is 0 Å². The molecule has 0 spiro atoms. The van der Waals surface area contributed by atoms with Crippen LogP contribution in [0.2, 0.25) is 0 Å². The van der Waals surface area contributed by atoms with Crippen molar-refractivity contribution in [3.05, 3.63) is 0 Å². The van der Waals surface area contributed by atoms with Crippen molar-refractivity contribution in [2.24, 2.45) is 0 Å². The van der Waals surface area contributed by atoms with E-state index in [9.17, 15) is 0 Å². The van der Waals surface area contributed by atoms with E-state index in [4.69, 9.17) is 0 Å². The molecule has 0 aliphatic heterocycles. The molecule has 2 radical (unpaired) electrons. The molecule has 0 nitrogen and oxygen atoms in total. The van der Waals surface area contributed by atoms with E-state index in [1.54, 1.807) is 0 Å². The van der Waals surface area contributed by atoms with E-state index in [1.165, 1.54) is 0 Å². The molecule has 0 rings (SSSR count). The van der Waals surface area contributed by atoms with Gasteiger partial charge in [-0.15, -0.1) is 62.5 Å². The molecule has 16 heteroatoms. The molecule has 0 heterocycles. The molecule has 0 amide bonds. The second kappa shape index (κ2) is 12.3. The Hall–Kier alpha value is 6.88. The first kappa shape index (κ1) is 22.9. The highest BCUT2D eigenvalue weighted by atomic mass is 33.4. The SMILES string of the molecule is [PH]P([PH])P(P)P(P(P)P)P(P(P)P)P(P)P. The molecule has 9 atom stereocenters. The smallest absolute Gasteiger partial charge is 0.00395 e. The van der Waals surface area contributed by atoms with Crippen LogP contribution in [0.25, 0.3) is 0 Å². The van der Waals surface area contributed by atoms with E-state index in [0.717, 1.165) is 0 Å². The second-order valence-corrected chi connectivity index (χ2v) is 62.3. The highest BCUT2D eigenvalue weighted by Crippen LogP contribution is 3.24. The molecule has 0 aliphatic carbocycles. The van der Waals surface area contributed by atoms with Crippen molar-refractivity contribution >= 4 is 129 Å². The Morgan fingerprint density at radius 3 is 1.06 bits per heavy atom. The number of hydrogen-bond donors (Lipinski definition) is 0. The fourth-order valence-electron chi connectivity index (χ4n) is 0.664. The lowest BCUT2D eigenvalue weighted by Gasteiger charge is -2.40. The van der Waals surface area contributed by atoms with Gasteiger partial charge in [-0.1, -0.05) is 17.9 Å². The van der Waals surface area contributed by atoms with E-state index in [0.29, 0.717) is 0 Å². The number of hydrogen-bond acceptors (Lipinski definition) is 0. The Balaban J connectivity index is 5.00. The molecule has 0 aliphatic rings. The van der Waals surface area contributed by atoms with Crippen molar-refractivity contribution in [3.8, 4) is 0 Å². The Morgan fingerprint density at radius 2 is 0.875 bits per heavy atom. The molecule has 0 saturated heterocycles. The van der Waals surface area contributed by atoms with Gasteiger partial charge in [0.25, 0.3) is 0 Å². The second-order valence-electron chi connectivity index (χ2n) is 2.31. The zero-order valence-corrected chi connectivity index (χ0v) is 24.5. The maximum atomic E-state index is 3.82. The zero-order valence-electron chi connectivity index (χ0n) is 8.17. The molecule has 96 valence electrons. The summed E-state index contributed by atoms with van der Waals surface area (Å²) in [5.41, 5.74) is 0. The first-order valence-corrected chi connectivity index (χ1v) is 31.1. The van der Waals surface area contributed by atoms with Crippen molar-refractivity contribution in [3.63, 3.8) is 0 Å². The van der Waals surface area contributed by atoms with Crippen LogP contribution in [0.15, 0.2) is 0 Å². The summed E-state index contributed by atoms with van der Waals surface area (Å²) < 4.78 is 0. The van der Waals surface area contributed by atoms with Gasteiger partial charge in [0.15, 0.2) is 0 Å². The number of rotatable bonds is 6. The minimum absolute atomic E-state index is 0.0218. The fraction of sp³-hybridized carbons (Fsp3) is 0. The topological polar surface area (TPSA) is 0 Å². The third-order valence-corrected chi connectivity index (χ3v) is 94.6. The lowest BCUT2D eigenvalue weighted by molar-refractivity contribution is 4.55. The van der Waals surface area contributed by atoms with Gasteiger partial charge in [0, 0.05) is 0 Å². The van der Waals surface area contributed by atoms with Crippen LogP contribution in [-0.2, 0) is 0 Å². The van der Waals surface area contributed by atoms with Gasteiger partial charge in [-0.05, 0) is 48.9 Å². The van der Waals surface area contributed by atoms with Crippen molar-refractivity contribution in [2.75, 3.05) is 0 Å². The van der Waals surface area contributed by atoms with Gasteiger partial charge in [-0.2, -0.15) is 0 Å². The van der Waals surface area contributed by atoms with Gasteiger partial charge >= 0.3 is 0 Å². The molecular weight excluding hydrogens is 496 g/mol. The van der Waals surface area contributed by atoms with E-state index in [2.05, 4.69) is 80.4 Å². The van der Waals surface area contributed by atoms with Gasteiger partial charge in [-0.3, -0.25) is 0 Å². The highest BCUT2D eigenvalue weighted by Gasteiger charge is 2.35. The molecule has 9 unspecified atom stereocenters. The molecule has 0 aromatic heterocycles. The molecule has 0 aromatic carbocycles. The lowest BCUT2D eigenvalue weighted by atomic mass is 28.6.